The van der Waals surface area contributed by atoms with Crippen LogP contribution in [0.3, 0.4) is 0 Å². The summed E-state index contributed by atoms with van der Waals surface area (Å²) in [7, 11) is 0. The molecule has 3 aromatic carbocycles. The number of hydrogen-bond acceptors (Lipinski definition) is 1. The van der Waals surface area contributed by atoms with E-state index in [1.165, 1.54) is 11.1 Å². The number of fused-ring (bicyclic) bond motifs is 1. The number of imidazole rings is 1. The molecule has 106 valence electrons. The fourth-order valence-corrected chi connectivity index (χ4v) is 3.26. The molecule has 3 heteroatoms. The second kappa shape index (κ2) is 5.43. The van der Waals surface area contributed by atoms with E-state index in [0.717, 1.165) is 21.5 Å². The minimum Gasteiger partial charge on any atom is -0.287 e. The van der Waals surface area contributed by atoms with Crippen LogP contribution >= 0.6 is 15.9 Å². The molecular weight excluding hydrogens is 336 g/mol. The van der Waals surface area contributed by atoms with Crippen molar-refractivity contribution in [2.24, 2.45) is 0 Å². The van der Waals surface area contributed by atoms with Crippen molar-refractivity contribution in [1.29, 1.82) is 0 Å². The van der Waals surface area contributed by atoms with Gasteiger partial charge in [0, 0.05) is 5.69 Å². The SMILES string of the molecule is Brc1nc2ccccc2n1-c1ccc(-c2ccccc2)cc1. The zero-order chi connectivity index (χ0) is 14.9. The summed E-state index contributed by atoms with van der Waals surface area (Å²) in [5.41, 5.74) is 5.62. The molecule has 0 radical (unpaired) electrons. The molecule has 22 heavy (non-hydrogen) atoms. The van der Waals surface area contributed by atoms with Crippen LogP contribution in [0.1, 0.15) is 0 Å². The van der Waals surface area contributed by atoms with E-state index in [4.69, 9.17) is 0 Å². The highest BCUT2D eigenvalue weighted by molar-refractivity contribution is 9.10. The standard InChI is InChI=1S/C19H13BrN2/c20-19-21-17-8-4-5-9-18(17)22(19)16-12-10-15(11-13-16)14-6-2-1-3-7-14/h1-13H. The predicted octanol–water partition coefficient (Wildman–Crippen LogP) is 5.46. The average Bonchev–Trinajstić information content (AvgIpc) is 2.91. The van der Waals surface area contributed by atoms with Crippen LogP contribution in [0.25, 0.3) is 27.8 Å². The van der Waals surface area contributed by atoms with Gasteiger partial charge in [0.25, 0.3) is 0 Å². The summed E-state index contributed by atoms with van der Waals surface area (Å²) in [6.07, 6.45) is 0. The van der Waals surface area contributed by atoms with Crippen LogP contribution in [0, 0.1) is 0 Å². The first-order valence-corrected chi connectivity index (χ1v) is 7.91. The molecule has 0 spiro atoms. The lowest BCUT2D eigenvalue weighted by Gasteiger charge is -2.08. The van der Waals surface area contributed by atoms with Gasteiger partial charge in [0.15, 0.2) is 4.73 Å². The van der Waals surface area contributed by atoms with Crippen molar-refractivity contribution >= 4 is 27.0 Å². The third kappa shape index (κ3) is 2.24. The lowest BCUT2D eigenvalue weighted by molar-refractivity contribution is 1.05. The van der Waals surface area contributed by atoms with Crippen LogP contribution in [0.15, 0.2) is 83.6 Å². The van der Waals surface area contributed by atoms with E-state index in [-0.39, 0.29) is 0 Å². The number of halogens is 1. The molecule has 0 N–H and O–H groups in total. The van der Waals surface area contributed by atoms with Crippen molar-refractivity contribution in [2.45, 2.75) is 0 Å². The summed E-state index contributed by atoms with van der Waals surface area (Å²) in [4.78, 5) is 4.55. The summed E-state index contributed by atoms with van der Waals surface area (Å²) >= 11 is 3.56. The summed E-state index contributed by atoms with van der Waals surface area (Å²) in [6.45, 7) is 0. The van der Waals surface area contributed by atoms with Crippen LogP contribution in [0.5, 0.6) is 0 Å². The quantitative estimate of drug-likeness (QED) is 0.470. The van der Waals surface area contributed by atoms with Gasteiger partial charge in [0.05, 0.1) is 11.0 Å². The fraction of sp³-hybridized carbons (Fsp3) is 0. The molecule has 4 aromatic rings. The minimum absolute atomic E-state index is 0.821. The van der Waals surface area contributed by atoms with Crippen molar-refractivity contribution in [2.75, 3.05) is 0 Å². The highest BCUT2D eigenvalue weighted by atomic mass is 79.9. The van der Waals surface area contributed by atoms with E-state index in [1.807, 2.05) is 24.3 Å². The molecule has 0 saturated heterocycles. The van der Waals surface area contributed by atoms with Gasteiger partial charge in [-0.1, -0.05) is 54.6 Å². The number of nitrogens with zero attached hydrogens (tertiary/aromatic N) is 2. The first kappa shape index (κ1) is 13.3. The Kier molecular flexibility index (Phi) is 3.28. The topological polar surface area (TPSA) is 17.8 Å². The summed E-state index contributed by atoms with van der Waals surface area (Å²) in [5, 5.41) is 0. The van der Waals surface area contributed by atoms with Crippen LogP contribution in [-0.4, -0.2) is 9.55 Å². The van der Waals surface area contributed by atoms with Crippen LogP contribution in [-0.2, 0) is 0 Å². The molecule has 0 amide bonds. The summed E-state index contributed by atoms with van der Waals surface area (Å²) in [5.74, 6) is 0. The molecule has 1 aromatic heterocycles. The second-order valence-corrected chi connectivity index (χ2v) is 5.83. The van der Waals surface area contributed by atoms with Gasteiger partial charge in [-0.2, -0.15) is 0 Å². The van der Waals surface area contributed by atoms with E-state index < -0.39 is 0 Å². The van der Waals surface area contributed by atoms with Gasteiger partial charge in [0.2, 0.25) is 0 Å². The molecular formula is C19H13BrN2. The van der Waals surface area contributed by atoms with Crippen LogP contribution in [0.4, 0.5) is 0 Å². The highest BCUT2D eigenvalue weighted by Crippen LogP contribution is 2.27. The Hall–Kier alpha value is -2.39. The number of hydrogen-bond donors (Lipinski definition) is 0. The van der Waals surface area contributed by atoms with Gasteiger partial charge in [-0.25, -0.2) is 4.98 Å². The molecule has 0 fully saturated rings. The van der Waals surface area contributed by atoms with Gasteiger partial charge < -0.3 is 0 Å². The third-order valence-corrected chi connectivity index (χ3v) is 4.28. The Morgan fingerprint density at radius 2 is 1.32 bits per heavy atom. The van der Waals surface area contributed by atoms with Crippen LogP contribution in [0.2, 0.25) is 0 Å². The van der Waals surface area contributed by atoms with Crippen molar-refractivity contribution in [1.82, 2.24) is 9.55 Å². The monoisotopic (exact) mass is 348 g/mol. The fourth-order valence-electron chi connectivity index (χ4n) is 2.68. The van der Waals surface area contributed by atoms with Crippen molar-refractivity contribution < 1.29 is 0 Å². The first-order chi connectivity index (χ1) is 10.8. The summed E-state index contributed by atoms with van der Waals surface area (Å²) < 4.78 is 2.94. The van der Waals surface area contributed by atoms with Gasteiger partial charge >= 0.3 is 0 Å². The number of para-hydroxylation sites is 2. The van der Waals surface area contributed by atoms with E-state index >= 15 is 0 Å². The second-order valence-electron chi connectivity index (χ2n) is 5.12. The lowest BCUT2D eigenvalue weighted by atomic mass is 10.1. The Morgan fingerprint density at radius 1 is 0.682 bits per heavy atom. The van der Waals surface area contributed by atoms with Gasteiger partial charge in [-0.3, -0.25) is 4.57 Å². The molecule has 4 rings (SSSR count). The number of aromatic nitrogens is 2. The molecule has 0 saturated carbocycles. The van der Waals surface area contributed by atoms with E-state index in [9.17, 15) is 0 Å². The van der Waals surface area contributed by atoms with Gasteiger partial charge in [-0.15, -0.1) is 0 Å². The zero-order valence-electron chi connectivity index (χ0n) is 11.8. The Balaban J connectivity index is 1.81. The van der Waals surface area contributed by atoms with Crippen LogP contribution < -0.4 is 0 Å². The smallest absolute Gasteiger partial charge is 0.182 e. The highest BCUT2D eigenvalue weighted by Gasteiger charge is 2.09. The summed E-state index contributed by atoms with van der Waals surface area (Å²) in [6, 6.07) is 27.1. The largest absolute Gasteiger partial charge is 0.287 e. The molecule has 2 nitrogen and oxygen atoms in total. The van der Waals surface area contributed by atoms with Gasteiger partial charge in [-0.05, 0) is 51.3 Å². The average molecular weight is 349 g/mol. The third-order valence-electron chi connectivity index (χ3n) is 3.75. The Labute approximate surface area is 137 Å². The minimum atomic E-state index is 0.821. The number of benzene rings is 3. The molecule has 0 atom stereocenters. The normalized spacial score (nSPS) is 11.0. The molecule has 0 bridgehead atoms. The van der Waals surface area contributed by atoms with Crippen molar-refractivity contribution in [3.63, 3.8) is 0 Å². The number of rotatable bonds is 2. The zero-order valence-corrected chi connectivity index (χ0v) is 13.4. The maximum absolute atomic E-state index is 4.55. The molecule has 0 aliphatic carbocycles. The Morgan fingerprint density at radius 3 is 2.09 bits per heavy atom. The maximum Gasteiger partial charge on any atom is 0.182 e. The van der Waals surface area contributed by atoms with Gasteiger partial charge in [0.1, 0.15) is 0 Å². The van der Waals surface area contributed by atoms with E-state index in [1.54, 1.807) is 0 Å². The molecule has 1 heterocycles. The molecule has 0 aliphatic rings. The van der Waals surface area contributed by atoms with E-state index in [0.29, 0.717) is 0 Å². The maximum atomic E-state index is 4.55. The van der Waals surface area contributed by atoms with Crippen molar-refractivity contribution in [3.05, 3.63) is 83.6 Å². The predicted molar refractivity (Wildman–Crippen MR) is 94.2 cm³/mol. The van der Waals surface area contributed by atoms with E-state index in [2.05, 4.69) is 80.1 Å². The lowest BCUT2D eigenvalue weighted by Crippen LogP contribution is -1.94. The molecule has 0 aliphatic heterocycles. The molecule has 0 unspecified atom stereocenters. The first-order valence-electron chi connectivity index (χ1n) is 7.12. The Bertz CT molecular complexity index is 925. The van der Waals surface area contributed by atoms with Crippen molar-refractivity contribution in [3.8, 4) is 16.8 Å².